The van der Waals surface area contributed by atoms with Gasteiger partial charge in [-0.15, -0.1) is 0 Å². The summed E-state index contributed by atoms with van der Waals surface area (Å²) in [7, 11) is 0. The maximum absolute atomic E-state index is 10.00. The van der Waals surface area contributed by atoms with Crippen molar-refractivity contribution in [1.29, 1.82) is 0 Å². The number of hydrogen-bond acceptors (Lipinski definition) is 1. The van der Waals surface area contributed by atoms with Gasteiger partial charge in [0.25, 0.3) is 0 Å². The maximum atomic E-state index is 10.00. The van der Waals surface area contributed by atoms with Gasteiger partial charge in [-0.05, 0) is 25.2 Å². The van der Waals surface area contributed by atoms with Gasteiger partial charge in [0.2, 0.25) is 0 Å². The van der Waals surface area contributed by atoms with Gasteiger partial charge in [-0.2, -0.15) is 0 Å². The van der Waals surface area contributed by atoms with E-state index >= 15 is 0 Å². The molecule has 0 aliphatic rings. The van der Waals surface area contributed by atoms with E-state index in [9.17, 15) is 5.11 Å². The van der Waals surface area contributed by atoms with Crippen LogP contribution in [-0.4, -0.2) is 11.2 Å². The van der Waals surface area contributed by atoms with Crippen LogP contribution in [0.2, 0.25) is 0 Å². The second-order valence-corrected chi connectivity index (χ2v) is 4.40. The first kappa shape index (κ1) is 14.0. The highest BCUT2D eigenvalue weighted by atomic mass is 16.3. The van der Waals surface area contributed by atoms with Crippen LogP contribution < -0.4 is 0 Å². The molecule has 1 nitrogen and oxygen atoms in total. The highest BCUT2D eigenvalue weighted by molar-refractivity contribution is 4.68. The fourth-order valence-corrected chi connectivity index (χ4v) is 2.02. The first-order valence-corrected chi connectivity index (χ1v) is 6.44. The molecule has 0 radical (unpaired) electrons. The number of aliphatic hydroxyl groups excluding tert-OH is 1. The third kappa shape index (κ3) is 6.42. The lowest BCUT2D eigenvalue weighted by Crippen LogP contribution is -2.20. The average Bonchev–Trinajstić information content (AvgIpc) is 2.20. The molecule has 0 aromatic rings. The maximum Gasteiger partial charge on any atom is 0.0568 e. The Labute approximate surface area is 89.9 Å². The lowest BCUT2D eigenvalue weighted by atomic mass is 9.89. The third-order valence-corrected chi connectivity index (χ3v) is 2.99. The van der Waals surface area contributed by atoms with Gasteiger partial charge >= 0.3 is 0 Å². The molecule has 2 atom stereocenters. The summed E-state index contributed by atoms with van der Waals surface area (Å²) in [6.45, 7) is 6.63. The highest BCUT2D eigenvalue weighted by Crippen LogP contribution is 2.22. The van der Waals surface area contributed by atoms with E-state index in [0.717, 1.165) is 6.42 Å². The molecule has 1 N–H and O–H groups in total. The summed E-state index contributed by atoms with van der Waals surface area (Å²) >= 11 is 0. The van der Waals surface area contributed by atoms with E-state index in [1.54, 1.807) is 0 Å². The van der Waals surface area contributed by atoms with Gasteiger partial charge in [-0.1, -0.05) is 52.9 Å². The topological polar surface area (TPSA) is 20.2 Å². The van der Waals surface area contributed by atoms with Crippen LogP contribution in [0.1, 0.15) is 72.1 Å². The molecule has 86 valence electrons. The minimum absolute atomic E-state index is 0.0403. The van der Waals surface area contributed by atoms with Crippen LogP contribution in [-0.2, 0) is 0 Å². The molecule has 0 aromatic heterocycles. The smallest absolute Gasteiger partial charge is 0.0568 e. The lowest BCUT2D eigenvalue weighted by molar-refractivity contribution is 0.0850. The van der Waals surface area contributed by atoms with Crippen LogP contribution in [0.4, 0.5) is 0 Å². The monoisotopic (exact) mass is 200 g/mol. The van der Waals surface area contributed by atoms with Crippen LogP contribution >= 0.6 is 0 Å². The van der Waals surface area contributed by atoms with E-state index < -0.39 is 0 Å². The van der Waals surface area contributed by atoms with Crippen LogP contribution in [0, 0.1) is 5.92 Å². The van der Waals surface area contributed by atoms with Crippen molar-refractivity contribution in [3.8, 4) is 0 Å². The molecule has 14 heavy (non-hydrogen) atoms. The summed E-state index contributed by atoms with van der Waals surface area (Å²) in [5.41, 5.74) is 0. The Hall–Kier alpha value is -0.0400. The highest BCUT2D eigenvalue weighted by Gasteiger charge is 2.16. The van der Waals surface area contributed by atoms with Crippen molar-refractivity contribution in [3.05, 3.63) is 0 Å². The van der Waals surface area contributed by atoms with Gasteiger partial charge in [-0.3, -0.25) is 0 Å². The van der Waals surface area contributed by atoms with Crippen LogP contribution in [0.5, 0.6) is 0 Å². The Morgan fingerprint density at radius 2 is 1.36 bits per heavy atom. The molecule has 0 fully saturated rings. The zero-order valence-electron chi connectivity index (χ0n) is 10.3. The van der Waals surface area contributed by atoms with Gasteiger partial charge in [0, 0.05) is 0 Å². The van der Waals surface area contributed by atoms with Crippen molar-refractivity contribution < 1.29 is 5.11 Å². The Balaban J connectivity index is 3.77. The van der Waals surface area contributed by atoms with Gasteiger partial charge in [0.1, 0.15) is 0 Å². The summed E-state index contributed by atoms with van der Waals surface area (Å²) in [6.07, 6.45) is 9.48. The standard InChI is InChI=1S/C13H28O/c1-4-7-10-12(9-6-3)13(14)11-8-5-2/h12-14H,4-11H2,1-3H3. The number of aliphatic hydroxyl groups is 1. The second kappa shape index (κ2) is 9.51. The Bertz CT molecular complexity index is 112. The van der Waals surface area contributed by atoms with E-state index in [2.05, 4.69) is 20.8 Å². The Morgan fingerprint density at radius 3 is 1.86 bits per heavy atom. The molecular weight excluding hydrogens is 172 g/mol. The van der Waals surface area contributed by atoms with Gasteiger partial charge < -0.3 is 5.11 Å². The zero-order valence-corrected chi connectivity index (χ0v) is 10.3. The summed E-state index contributed by atoms with van der Waals surface area (Å²) in [5.74, 6) is 0.562. The molecule has 0 heterocycles. The van der Waals surface area contributed by atoms with Crippen molar-refractivity contribution in [2.75, 3.05) is 0 Å². The predicted octanol–water partition coefficient (Wildman–Crippen LogP) is 4.14. The number of hydrogen-bond donors (Lipinski definition) is 1. The van der Waals surface area contributed by atoms with E-state index in [4.69, 9.17) is 0 Å². The molecule has 0 amide bonds. The van der Waals surface area contributed by atoms with Gasteiger partial charge in [0.05, 0.1) is 6.10 Å². The molecule has 1 heteroatoms. The van der Waals surface area contributed by atoms with Crippen molar-refractivity contribution in [1.82, 2.24) is 0 Å². The molecule has 2 unspecified atom stereocenters. The van der Waals surface area contributed by atoms with E-state index in [-0.39, 0.29) is 6.10 Å². The Morgan fingerprint density at radius 1 is 0.786 bits per heavy atom. The SMILES string of the molecule is CCCCC(O)C(CCC)CCCC. The second-order valence-electron chi connectivity index (χ2n) is 4.40. The summed E-state index contributed by atoms with van der Waals surface area (Å²) in [6, 6.07) is 0. The quantitative estimate of drug-likeness (QED) is 0.593. The molecule has 0 bridgehead atoms. The fourth-order valence-electron chi connectivity index (χ4n) is 2.02. The van der Waals surface area contributed by atoms with Gasteiger partial charge in [0.15, 0.2) is 0 Å². The Kier molecular flexibility index (Phi) is 9.49. The first-order valence-electron chi connectivity index (χ1n) is 6.44. The van der Waals surface area contributed by atoms with Gasteiger partial charge in [-0.25, -0.2) is 0 Å². The molecule has 0 aliphatic heterocycles. The average molecular weight is 200 g/mol. The largest absolute Gasteiger partial charge is 0.393 e. The van der Waals surface area contributed by atoms with Crippen molar-refractivity contribution >= 4 is 0 Å². The van der Waals surface area contributed by atoms with Crippen molar-refractivity contribution in [2.45, 2.75) is 78.2 Å². The molecule has 0 spiro atoms. The molecule has 0 saturated carbocycles. The third-order valence-electron chi connectivity index (χ3n) is 2.99. The van der Waals surface area contributed by atoms with Crippen LogP contribution in [0.3, 0.4) is 0 Å². The molecule has 0 saturated heterocycles. The van der Waals surface area contributed by atoms with E-state index in [1.165, 1.54) is 44.9 Å². The lowest BCUT2D eigenvalue weighted by Gasteiger charge is -2.22. The minimum atomic E-state index is -0.0403. The van der Waals surface area contributed by atoms with Crippen molar-refractivity contribution in [2.24, 2.45) is 5.92 Å². The van der Waals surface area contributed by atoms with Crippen LogP contribution in [0.15, 0.2) is 0 Å². The predicted molar refractivity (Wildman–Crippen MR) is 63.5 cm³/mol. The summed E-state index contributed by atoms with van der Waals surface area (Å²) < 4.78 is 0. The van der Waals surface area contributed by atoms with E-state index in [0.29, 0.717) is 5.92 Å². The number of unbranched alkanes of at least 4 members (excludes halogenated alkanes) is 2. The van der Waals surface area contributed by atoms with Crippen molar-refractivity contribution in [3.63, 3.8) is 0 Å². The summed E-state index contributed by atoms with van der Waals surface area (Å²) in [5, 5.41) is 10.00. The normalized spacial score (nSPS) is 15.4. The first-order chi connectivity index (χ1) is 6.76. The zero-order chi connectivity index (χ0) is 10.8. The summed E-state index contributed by atoms with van der Waals surface area (Å²) in [4.78, 5) is 0. The molecule has 0 aliphatic carbocycles. The minimum Gasteiger partial charge on any atom is -0.393 e. The molecular formula is C13H28O. The molecule has 0 aromatic carbocycles. The van der Waals surface area contributed by atoms with E-state index in [1.807, 2.05) is 0 Å². The molecule has 0 rings (SSSR count). The van der Waals surface area contributed by atoms with Crippen LogP contribution in [0.25, 0.3) is 0 Å². The fraction of sp³-hybridized carbons (Fsp3) is 1.00. The number of rotatable bonds is 9.